The van der Waals surface area contributed by atoms with E-state index in [0.717, 1.165) is 23.6 Å². The van der Waals surface area contributed by atoms with Crippen LogP contribution in [0.1, 0.15) is 41.0 Å². The lowest BCUT2D eigenvalue weighted by molar-refractivity contribution is 0.606. The lowest BCUT2D eigenvalue weighted by Crippen LogP contribution is -2.22. The van der Waals surface area contributed by atoms with Crippen molar-refractivity contribution in [2.45, 2.75) is 33.2 Å². The molecule has 4 heteroatoms. The van der Waals surface area contributed by atoms with E-state index >= 15 is 0 Å². The quantitative estimate of drug-likeness (QED) is 0.692. The fourth-order valence-electron chi connectivity index (χ4n) is 2.14. The van der Waals surface area contributed by atoms with E-state index in [1.54, 1.807) is 11.3 Å². The molecule has 0 fully saturated rings. The highest BCUT2D eigenvalue weighted by atomic mass is 79.9. The Morgan fingerprint density at radius 3 is 2.60 bits per heavy atom. The molecule has 1 nitrogen and oxygen atoms in total. The van der Waals surface area contributed by atoms with Crippen LogP contribution in [0.2, 0.25) is 5.02 Å². The van der Waals surface area contributed by atoms with Crippen molar-refractivity contribution in [2.75, 3.05) is 6.54 Å². The van der Waals surface area contributed by atoms with Gasteiger partial charge in [0.05, 0.1) is 9.83 Å². The maximum absolute atomic E-state index is 6.45. The van der Waals surface area contributed by atoms with Crippen molar-refractivity contribution in [1.29, 1.82) is 0 Å². The molecule has 2 aromatic rings. The minimum absolute atomic E-state index is 0.165. The summed E-state index contributed by atoms with van der Waals surface area (Å²) in [5, 5.41) is 4.44. The summed E-state index contributed by atoms with van der Waals surface area (Å²) in [4.78, 5) is 1.30. The van der Waals surface area contributed by atoms with Crippen LogP contribution in [0.3, 0.4) is 0 Å². The molecule has 0 aliphatic carbocycles. The monoisotopic (exact) mass is 371 g/mol. The van der Waals surface area contributed by atoms with Crippen LogP contribution in [-0.4, -0.2) is 6.54 Å². The molecule has 0 saturated heterocycles. The normalized spacial score (nSPS) is 12.7. The van der Waals surface area contributed by atoms with E-state index in [1.807, 2.05) is 6.07 Å². The Bertz CT molecular complexity index is 575. The molecule has 1 aromatic heterocycles. The molecule has 2 rings (SSSR count). The highest BCUT2D eigenvalue weighted by molar-refractivity contribution is 9.11. The zero-order valence-electron chi connectivity index (χ0n) is 12.0. The first-order valence-corrected chi connectivity index (χ1v) is 8.77. The number of benzene rings is 1. The van der Waals surface area contributed by atoms with Crippen LogP contribution in [0.4, 0.5) is 0 Å². The second kappa shape index (κ2) is 7.08. The average Bonchev–Trinajstić information content (AvgIpc) is 2.72. The Labute approximate surface area is 138 Å². The van der Waals surface area contributed by atoms with Crippen LogP contribution in [0.5, 0.6) is 0 Å². The van der Waals surface area contributed by atoms with E-state index in [1.165, 1.54) is 19.8 Å². The third-order valence-corrected chi connectivity index (χ3v) is 5.75. The van der Waals surface area contributed by atoms with Crippen LogP contribution in [0, 0.1) is 13.8 Å². The van der Waals surface area contributed by atoms with E-state index in [0.29, 0.717) is 0 Å². The molecule has 1 heterocycles. The predicted molar refractivity (Wildman–Crippen MR) is 93.1 cm³/mol. The minimum Gasteiger partial charge on any atom is -0.306 e. The highest BCUT2D eigenvalue weighted by Gasteiger charge is 2.19. The number of rotatable bonds is 5. The van der Waals surface area contributed by atoms with Gasteiger partial charge in [-0.15, -0.1) is 11.3 Å². The van der Waals surface area contributed by atoms with Crippen molar-refractivity contribution >= 4 is 38.9 Å². The van der Waals surface area contributed by atoms with Crippen LogP contribution in [0.15, 0.2) is 28.1 Å². The van der Waals surface area contributed by atoms with Gasteiger partial charge in [-0.05, 0) is 71.6 Å². The van der Waals surface area contributed by atoms with E-state index in [2.05, 4.69) is 60.2 Å². The molecule has 0 amide bonds. The summed E-state index contributed by atoms with van der Waals surface area (Å²) in [5.41, 5.74) is 3.62. The maximum Gasteiger partial charge on any atom is 0.0731 e. The van der Waals surface area contributed by atoms with Crippen LogP contribution in [0.25, 0.3) is 0 Å². The molecule has 0 aliphatic heterocycles. The summed E-state index contributed by atoms with van der Waals surface area (Å²) in [6.45, 7) is 7.34. The molecule has 1 atom stereocenters. The molecule has 0 radical (unpaired) electrons. The zero-order valence-corrected chi connectivity index (χ0v) is 15.1. The van der Waals surface area contributed by atoms with Gasteiger partial charge in [0, 0.05) is 9.90 Å². The lowest BCUT2D eigenvalue weighted by atomic mass is 10.0. The molecule has 108 valence electrons. The average molecular weight is 373 g/mol. The Balaban J connectivity index is 2.41. The molecule has 0 spiro atoms. The number of hydrogen-bond donors (Lipinski definition) is 1. The van der Waals surface area contributed by atoms with Gasteiger partial charge < -0.3 is 5.32 Å². The summed E-state index contributed by atoms with van der Waals surface area (Å²) in [6.07, 6.45) is 1.10. The summed E-state index contributed by atoms with van der Waals surface area (Å²) < 4.78 is 1.19. The van der Waals surface area contributed by atoms with Crippen molar-refractivity contribution in [3.63, 3.8) is 0 Å². The summed E-state index contributed by atoms with van der Waals surface area (Å²) >= 11 is 11.8. The van der Waals surface area contributed by atoms with Crippen molar-refractivity contribution in [1.82, 2.24) is 5.32 Å². The third kappa shape index (κ3) is 3.64. The van der Waals surface area contributed by atoms with E-state index in [4.69, 9.17) is 11.6 Å². The van der Waals surface area contributed by atoms with E-state index < -0.39 is 0 Å². The van der Waals surface area contributed by atoms with Gasteiger partial charge in [0.1, 0.15) is 0 Å². The molecule has 1 aromatic carbocycles. The zero-order chi connectivity index (χ0) is 14.7. The fourth-order valence-corrected chi connectivity index (χ4v) is 4.15. The molecule has 0 aliphatic rings. The molecule has 1 unspecified atom stereocenters. The van der Waals surface area contributed by atoms with Gasteiger partial charge in [0.15, 0.2) is 0 Å². The van der Waals surface area contributed by atoms with Gasteiger partial charge in [-0.3, -0.25) is 0 Å². The van der Waals surface area contributed by atoms with Crippen molar-refractivity contribution in [3.8, 4) is 0 Å². The predicted octanol–water partition coefficient (Wildman–Crippen LogP) is 5.87. The van der Waals surface area contributed by atoms with Crippen molar-refractivity contribution in [3.05, 3.63) is 54.6 Å². The standard InChI is InChI=1S/C16H19BrClNS/c1-4-7-19-15(14-9-11(3)16(17)20-14)12-6-5-10(2)8-13(12)18/h5-6,8-9,15,19H,4,7H2,1-3H3. The number of nitrogens with one attached hydrogen (secondary N) is 1. The largest absolute Gasteiger partial charge is 0.306 e. The number of thiophene rings is 1. The Morgan fingerprint density at radius 1 is 1.30 bits per heavy atom. The molecule has 0 saturated carbocycles. The second-order valence-electron chi connectivity index (χ2n) is 5.02. The van der Waals surface area contributed by atoms with E-state index in [9.17, 15) is 0 Å². The maximum atomic E-state index is 6.45. The van der Waals surface area contributed by atoms with Gasteiger partial charge >= 0.3 is 0 Å². The summed E-state index contributed by atoms with van der Waals surface area (Å²) in [5.74, 6) is 0. The van der Waals surface area contributed by atoms with Crippen molar-refractivity contribution in [2.24, 2.45) is 0 Å². The molecule has 0 bridgehead atoms. The number of halogens is 2. The molecular formula is C16H19BrClNS. The number of hydrogen-bond acceptors (Lipinski definition) is 2. The smallest absolute Gasteiger partial charge is 0.0731 e. The van der Waals surface area contributed by atoms with E-state index in [-0.39, 0.29) is 6.04 Å². The SMILES string of the molecule is CCCNC(c1cc(C)c(Br)s1)c1ccc(C)cc1Cl. The molecule has 1 N–H and O–H groups in total. The Hall–Kier alpha value is -0.350. The first-order valence-electron chi connectivity index (χ1n) is 6.78. The topological polar surface area (TPSA) is 12.0 Å². The highest BCUT2D eigenvalue weighted by Crippen LogP contribution is 2.36. The molecule has 20 heavy (non-hydrogen) atoms. The first-order chi connectivity index (χ1) is 9.52. The fraction of sp³-hybridized carbons (Fsp3) is 0.375. The van der Waals surface area contributed by atoms with Gasteiger partial charge in [0.2, 0.25) is 0 Å². The second-order valence-corrected chi connectivity index (χ2v) is 7.83. The van der Waals surface area contributed by atoms with Crippen molar-refractivity contribution < 1.29 is 0 Å². The van der Waals surface area contributed by atoms with Crippen LogP contribution < -0.4 is 5.32 Å². The van der Waals surface area contributed by atoms with Gasteiger partial charge in [-0.2, -0.15) is 0 Å². The Morgan fingerprint density at radius 2 is 2.05 bits per heavy atom. The first kappa shape index (κ1) is 16.0. The summed E-state index contributed by atoms with van der Waals surface area (Å²) in [6, 6.07) is 8.69. The van der Waals surface area contributed by atoms with Crippen LogP contribution >= 0.6 is 38.9 Å². The van der Waals surface area contributed by atoms with Gasteiger partial charge in [-0.25, -0.2) is 0 Å². The Kier molecular flexibility index (Phi) is 5.67. The lowest BCUT2D eigenvalue weighted by Gasteiger charge is -2.19. The summed E-state index contributed by atoms with van der Waals surface area (Å²) in [7, 11) is 0. The third-order valence-electron chi connectivity index (χ3n) is 3.23. The van der Waals surface area contributed by atoms with Crippen LogP contribution in [-0.2, 0) is 0 Å². The van der Waals surface area contributed by atoms with Gasteiger partial charge in [-0.1, -0.05) is 30.7 Å². The minimum atomic E-state index is 0.165. The number of aryl methyl sites for hydroxylation is 2. The van der Waals surface area contributed by atoms with Gasteiger partial charge in [0.25, 0.3) is 0 Å². The molecular weight excluding hydrogens is 354 g/mol.